The predicted molar refractivity (Wildman–Crippen MR) is 94.1 cm³/mol. The Kier molecular flexibility index (Phi) is 3.41. The van der Waals surface area contributed by atoms with Crippen molar-refractivity contribution in [2.45, 2.75) is 52.4 Å². The minimum absolute atomic E-state index is 0.348. The first-order valence-corrected chi connectivity index (χ1v) is 8.77. The fourth-order valence-corrected chi connectivity index (χ4v) is 4.34. The van der Waals surface area contributed by atoms with Crippen molar-refractivity contribution in [1.82, 2.24) is 0 Å². The van der Waals surface area contributed by atoms with Crippen molar-refractivity contribution in [1.29, 1.82) is 0 Å². The van der Waals surface area contributed by atoms with Crippen LogP contribution in [0.15, 0.2) is 36.4 Å². The van der Waals surface area contributed by atoms with Crippen molar-refractivity contribution in [3.8, 4) is 0 Å². The summed E-state index contributed by atoms with van der Waals surface area (Å²) in [7, 11) is 0. The molecule has 2 aromatic carbocycles. The number of fused-ring (bicyclic) bond motifs is 2. The van der Waals surface area contributed by atoms with E-state index in [-0.39, 0.29) is 0 Å². The summed E-state index contributed by atoms with van der Waals surface area (Å²) in [6.45, 7) is 4.70. The Balaban J connectivity index is 1.85. The molecule has 0 aliphatic heterocycles. The van der Waals surface area contributed by atoms with Crippen molar-refractivity contribution < 1.29 is 4.79 Å². The zero-order valence-corrected chi connectivity index (χ0v) is 14.1. The second-order valence-corrected chi connectivity index (χ2v) is 7.95. The number of Topliss-reactive ketones (excluding diaryl/α,β-unsaturated/α-hetero) is 1. The number of hydrogen-bond donors (Lipinski definition) is 0. The van der Waals surface area contributed by atoms with E-state index >= 15 is 0 Å². The van der Waals surface area contributed by atoms with Gasteiger partial charge in [-0.15, -0.1) is 0 Å². The van der Waals surface area contributed by atoms with Gasteiger partial charge in [0.2, 0.25) is 0 Å². The highest BCUT2D eigenvalue weighted by Crippen LogP contribution is 2.40. The summed E-state index contributed by atoms with van der Waals surface area (Å²) in [5.41, 5.74) is 8.51. The lowest BCUT2D eigenvalue weighted by Crippen LogP contribution is -2.24. The van der Waals surface area contributed by atoms with Crippen LogP contribution in [0.25, 0.3) is 0 Å². The molecule has 0 unspecified atom stereocenters. The number of ketones is 1. The van der Waals surface area contributed by atoms with Gasteiger partial charge in [-0.1, -0.05) is 44.2 Å². The van der Waals surface area contributed by atoms with Crippen molar-refractivity contribution in [3.05, 3.63) is 69.8 Å². The van der Waals surface area contributed by atoms with Gasteiger partial charge < -0.3 is 0 Å². The highest BCUT2D eigenvalue weighted by molar-refractivity contribution is 6.01. The first kappa shape index (κ1) is 14.7. The van der Waals surface area contributed by atoms with Crippen LogP contribution in [0.4, 0.5) is 0 Å². The lowest BCUT2D eigenvalue weighted by Gasteiger charge is -2.33. The van der Waals surface area contributed by atoms with Crippen molar-refractivity contribution >= 4 is 5.78 Å². The van der Waals surface area contributed by atoms with Gasteiger partial charge in [0.1, 0.15) is 0 Å². The van der Waals surface area contributed by atoms with Gasteiger partial charge in [-0.2, -0.15) is 0 Å². The minimum Gasteiger partial charge on any atom is -0.294 e. The Morgan fingerprint density at radius 2 is 1.78 bits per heavy atom. The summed E-state index contributed by atoms with van der Waals surface area (Å²) in [5.74, 6) is 0.348. The molecule has 2 aliphatic rings. The molecule has 0 N–H and O–H groups in total. The van der Waals surface area contributed by atoms with E-state index in [1.807, 2.05) is 0 Å². The van der Waals surface area contributed by atoms with E-state index in [1.165, 1.54) is 28.7 Å². The predicted octanol–water partition coefficient (Wildman–Crippen LogP) is 4.92. The van der Waals surface area contributed by atoms with Gasteiger partial charge in [-0.05, 0) is 71.4 Å². The summed E-state index contributed by atoms with van der Waals surface area (Å²) in [6, 6.07) is 12.9. The third-order valence-electron chi connectivity index (χ3n) is 5.61. The van der Waals surface area contributed by atoms with E-state index in [0.717, 1.165) is 31.2 Å². The molecule has 2 aliphatic carbocycles. The molecule has 0 fully saturated rings. The first-order valence-electron chi connectivity index (χ1n) is 8.77. The highest BCUT2D eigenvalue weighted by atomic mass is 16.1. The van der Waals surface area contributed by atoms with Crippen LogP contribution in [0.2, 0.25) is 0 Å². The van der Waals surface area contributed by atoms with E-state index < -0.39 is 0 Å². The summed E-state index contributed by atoms with van der Waals surface area (Å²) in [6.07, 6.45) is 6.11. The van der Waals surface area contributed by atoms with Crippen LogP contribution in [0.1, 0.15) is 64.9 Å². The number of carbonyl (C=O) groups is 1. The molecule has 0 spiro atoms. The second-order valence-electron chi connectivity index (χ2n) is 7.95. The molecule has 0 amide bonds. The second kappa shape index (κ2) is 5.33. The van der Waals surface area contributed by atoms with Crippen LogP contribution in [-0.4, -0.2) is 5.78 Å². The number of hydrogen-bond acceptors (Lipinski definition) is 1. The Hall–Kier alpha value is -1.89. The van der Waals surface area contributed by atoms with Gasteiger partial charge in [-0.25, -0.2) is 0 Å². The highest BCUT2D eigenvalue weighted by Gasteiger charge is 2.31. The van der Waals surface area contributed by atoms with Crippen molar-refractivity contribution in [3.63, 3.8) is 0 Å². The Labute approximate surface area is 138 Å². The SMILES string of the molecule is CC1(C)CCc2c(cc3c(c2Cc2ccccc2)CCC3=O)C1. The number of carbonyl (C=O) groups excluding carboxylic acids is 1. The molecule has 4 rings (SSSR count). The van der Waals surface area contributed by atoms with E-state index in [0.29, 0.717) is 17.6 Å². The minimum atomic E-state index is 0.348. The third kappa shape index (κ3) is 2.63. The fraction of sp³-hybridized carbons (Fsp3) is 0.409. The molecule has 0 aromatic heterocycles. The molecule has 1 nitrogen and oxygen atoms in total. The van der Waals surface area contributed by atoms with Gasteiger partial charge in [0.05, 0.1) is 0 Å². The molecule has 0 radical (unpaired) electrons. The molecule has 1 heteroatoms. The summed E-state index contributed by atoms with van der Waals surface area (Å²) in [5, 5.41) is 0. The van der Waals surface area contributed by atoms with Gasteiger partial charge >= 0.3 is 0 Å². The smallest absolute Gasteiger partial charge is 0.163 e. The molecule has 0 saturated heterocycles. The van der Waals surface area contributed by atoms with Crippen LogP contribution in [0.5, 0.6) is 0 Å². The zero-order chi connectivity index (χ0) is 16.0. The number of benzene rings is 2. The molecular weight excluding hydrogens is 280 g/mol. The average molecular weight is 304 g/mol. The third-order valence-corrected chi connectivity index (χ3v) is 5.61. The van der Waals surface area contributed by atoms with E-state index in [9.17, 15) is 4.79 Å². The maximum atomic E-state index is 12.3. The maximum absolute atomic E-state index is 12.3. The summed E-state index contributed by atoms with van der Waals surface area (Å²) >= 11 is 0. The maximum Gasteiger partial charge on any atom is 0.163 e. The quantitative estimate of drug-likeness (QED) is 0.769. The van der Waals surface area contributed by atoms with Crippen molar-refractivity contribution in [2.24, 2.45) is 5.41 Å². The van der Waals surface area contributed by atoms with Crippen LogP contribution in [-0.2, 0) is 25.7 Å². The van der Waals surface area contributed by atoms with Gasteiger partial charge in [0, 0.05) is 12.0 Å². The van der Waals surface area contributed by atoms with Gasteiger partial charge in [0.15, 0.2) is 5.78 Å². The monoisotopic (exact) mass is 304 g/mol. The van der Waals surface area contributed by atoms with Gasteiger partial charge in [-0.3, -0.25) is 4.79 Å². The van der Waals surface area contributed by atoms with E-state index in [4.69, 9.17) is 0 Å². The van der Waals surface area contributed by atoms with E-state index in [2.05, 4.69) is 50.2 Å². The van der Waals surface area contributed by atoms with Crippen LogP contribution in [0.3, 0.4) is 0 Å². The molecule has 0 atom stereocenters. The molecule has 2 aromatic rings. The standard InChI is InChI=1S/C22H24O/c1-22(2)11-10-17-16(14-22)13-20-18(8-9-21(20)23)19(17)12-15-6-4-3-5-7-15/h3-7,13H,8-12,14H2,1-2H3. The van der Waals surface area contributed by atoms with Crippen molar-refractivity contribution in [2.75, 3.05) is 0 Å². The normalized spacial score (nSPS) is 18.6. The number of rotatable bonds is 2. The van der Waals surface area contributed by atoms with Crippen LogP contribution >= 0.6 is 0 Å². The molecule has 0 saturated carbocycles. The fourth-order valence-electron chi connectivity index (χ4n) is 4.34. The zero-order valence-electron chi connectivity index (χ0n) is 14.1. The topological polar surface area (TPSA) is 17.1 Å². The molecular formula is C22H24O. The summed E-state index contributed by atoms with van der Waals surface area (Å²) in [4.78, 5) is 12.3. The van der Waals surface area contributed by atoms with E-state index in [1.54, 1.807) is 5.56 Å². The lowest BCUT2D eigenvalue weighted by molar-refractivity contribution is 0.0994. The Morgan fingerprint density at radius 1 is 1.00 bits per heavy atom. The largest absolute Gasteiger partial charge is 0.294 e. The first-order chi connectivity index (χ1) is 11.0. The molecule has 118 valence electrons. The molecule has 0 bridgehead atoms. The molecule has 0 heterocycles. The lowest BCUT2D eigenvalue weighted by atomic mass is 9.71. The van der Waals surface area contributed by atoms with Crippen LogP contribution < -0.4 is 0 Å². The molecule has 23 heavy (non-hydrogen) atoms. The Bertz CT molecular complexity index is 768. The Morgan fingerprint density at radius 3 is 2.57 bits per heavy atom. The summed E-state index contributed by atoms with van der Waals surface area (Å²) < 4.78 is 0. The van der Waals surface area contributed by atoms with Gasteiger partial charge in [0.25, 0.3) is 0 Å². The average Bonchev–Trinajstić information content (AvgIpc) is 2.88. The van der Waals surface area contributed by atoms with Crippen LogP contribution in [0, 0.1) is 5.41 Å².